The lowest BCUT2D eigenvalue weighted by atomic mass is 10.1. The second kappa shape index (κ2) is 4.65. The normalized spacial score (nSPS) is 17.6. The summed E-state index contributed by atoms with van der Waals surface area (Å²) in [7, 11) is 0. The van der Waals surface area contributed by atoms with Gasteiger partial charge in [0, 0.05) is 4.47 Å². The van der Waals surface area contributed by atoms with Crippen LogP contribution in [0.1, 0.15) is 17.2 Å². The largest absolute Gasteiger partial charge is 0.489 e. The first-order chi connectivity index (χ1) is 8.74. The number of anilines is 1. The zero-order chi connectivity index (χ0) is 12.5. The van der Waals surface area contributed by atoms with Crippen LogP contribution in [-0.2, 0) is 0 Å². The molecule has 1 unspecified atom stereocenters. The Labute approximate surface area is 115 Å². The van der Waals surface area contributed by atoms with E-state index in [4.69, 9.17) is 4.74 Å². The lowest BCUT2D eigenvalue weighted by Crippen LogP contribution is -2.24. The first kappa shape index (κ1) is 11.6. The fourth-order valence-electron chi connectivity index (χ4n) is 2.21. The van der Waals surface area contributed by atoms with Crippen molar-refractivity contribution in [3.8, 4) is 5.75 Å². The molecule has 0 bridgehead atoms. The highest BCUT2D eigenvalue weighted by Crippen LogP contribution is 2.36. The van der Waals surface area contributed by atoms with E-state index in [0.29, 0.717) is 6.61 Å². The fourth-order valence-corrected chi connectivity index (χ4v) is 2.77. The molecule has 0 saturated carbocycles. The monoisotopic (exact) mass is 303 g/mol. The molecular weight excluding hydrogens is 290 g/mol. The van der Waals surface area contributed by atoms with Gasteiger partial charge in [-0.3, -0.25) is 0 Å². The Kier molecular flexibility index (Phi) is 3.00. The molecule has 1 heterocycles. The molecule has 3 heteroatoms. The van der Waals surface area contributed by atoms with Crippen LogP contribution >= 0.6 is 15.9 Å². The molecule has 0 aliphatic carbocycles. The third kappa shape index (κ3) is 2.10. The van der Waals surface area contributed by atoms with Crippen molar-refractivity contribution in [1.82, 2.24) is 0 Å². The van der Waals surface area contributed by atoms with Gasteiger partial charge in [0.05, 0.1) is 11.7 Å². The summed E-state index contributed by atoms with van der Waals surface area (Å²) in [6, 6.07) is 14.7. The van der Waals surface area contributed by atoms with Crippen molar-refractivity contribution in [3.05, 3.63) is 58.1 Å². The molecule has 92 valence electrons. The van der Waals surface area contributed by atoms with Gasteiger partial charge in [0.2, 0.25) is 0 Å². The van der Waals surface area contributed by atoms with E-state index in [1.54, 1.807) is 0 Å². The summed E-state index contributed by atoms with van der Waals surface area (Å²) in [6.07, 6.45) is 0. The number of halogens is 1. The number of aryl methyl sites for hydroxylation is 1. The third-order valence-corrected chi connectivity index (χ3v) is 3.87. The van der Waals surface area contributed by atoms with Crippen LogP contribution in [0.3, 0.4) is 0 Å². The Hall–Kier alpha value is -1.48. The van der Waals surface area contributed by atoms with Crippen LogP contribution < -0.4 is 10.1 Å². The lowest BCUT2D eigenvalue weighted by molar-refractivity contribution is 0.286. The van der Waals surface area contributed by atoms with Crippen molar-refractivity contribution in [1.29, 1.82) is 0 Å². The summed E-state index contributed by atoms with van der Waals surface area (Å²) < 4.78 is 6.93. The highest BCUT2D eigenvalue weighted by molar-refractivity contribution is 9.10. The molecule has 2 aromatic rings. The van der Waals surface area contributed by atoms with E-state index in [0.717, 1.165) is 15.9 Å². The number of ether oxygens (including phenoxy) is 1. The molecule has 2 nitrogen and oxygen atoms in total. The predicted molar refractivity (Wildman–Crippen MR) is 77.2 cm³/mol. The second-order valence-electron chi connectivity index (χ2n) is 4.53. The van der Waals surface area contributed by atoms with Crippen molar-refractivity contribution >= 4 is 21.6 Å². The molecule has 1 aliphatic heterocycles. The van der Waals surface area contributed by atoms with Crippen LogP contribution in [0.25, 0.3) is 0 Å². The zero-order valence-electron chi connectivity index (χ0n) is 10.1. The van der Waals surface area contributed by atoms with Crippen LogP contribution in [0, 0.1) is 6.92 Å². The number of hydrogen-bond acceptors (Lipinski definition) is 2. The van der Waals surface area contributed by atoms with Gasteiger partial charge in [-0.2, -0.15) is 0 Å². The van der Waals surface area contributed by atoms with Gasteiger partial charge >= 0.3 is 0 Å². The molecule has 0 fully saturated rings. The number of hydrogen-bond donors (Lipinski definition) is 1. The van der Waals surface area contributed by atoms with Crippen molar-refractivity contribution < 1.29 is 4.74 Å². The number of benzene rings is 2. The van der Waals surface area contributed by atoms with E-state index in [9.17, 15) is 0 Å². The highest BCUT2D eigenvalue weighted by Gasteiger charge is 2.21. The predicted octanol–water partition coefficient (Wildman–Crippen LogP) is 4.30. The maximum atomic E-state index is 5.82. The molecular formula is C15H14BrNO. The minimum absolute atomic E-state index is 0.190. The smallest absolute Gasteiger partial charge is 0.142 e. The minimum Gasteiger partial charge on any atom is -0.489 e. The van der Waals surface area contributed by atoms with Gasteiger partial charge in [-0.15, -0.1) is 0 Å². The topological polar surface area (TPSA) is 21.3 Å². The molecule has 0 aromatic heterocycles. The van der Waals surface area contributed by atoms with Crippen molar-refractivity contribution in [2.45, 2.75) is 13.0 Å². The molecule has 1 atom stereocenters. The van der Waals surface area contributed by atoms with E-state index in [-0.39, 0.29) is 6.04 Å². The van der Waals surface area contributed by atoms with E-state index < -0.39 is 0 Å². The van der Waals surface area contributed by atoms with Crippen LogP contribution in [-0.4, -0.2) is 6.61 Å². The molecule has 3 rings (SSSR count). The summed E-state index contributed by atoms with van der Waals surface area (Å²) in [5.41, 5.74) is 3.53. The molecule has 1 N–H and O–H groups in total. The van der Waals surface area contributed by atoms with Gasteiger partial charge in [-0.05, 0) is 36.2 Å². The summed E-state index contributed by atoms with van der Waals surface area (Å²) >= 11 is 3.59. The first-order valence-corrected chi connectivity index (χ1v) is 6.78. The summed E-state index contributed by atoms with van der Waals surface area (Å²) in [5, 5.41) is 3.54. The number of fused-ring (bicyclic) bond motifs is 1. The zero-order valence-corrected chi connectivity index (χ0v) is 11.7. The van der Waals surface area contributed by atoms with Crippen LogP contribution in [0.4, 0.5) is 5.69 Å². The van der Waals surface area contributed by atoms with Gasteiger partial charge in [-0.1, -0.05) is 40.2 Å². The Morgan fingerprint density at radius 3 is 2.89 bits per heavy atom. The Balaban J connectivity index is 1.93. The summed E-state index contributed by atoms with van der Waals surface area (Å²) in [5.74, 6) is 0.934. The Bertz CT molecular complexity index is 582. The highest BCUT2D eigenvalue weighted by atomic mass is 79.9. The number of rotatable bonds is 1. The second-order valence-corrected chi connectivity index (χ2v) is 5.38. The quantitative estimate of drug-likeness (QED) is 0.848. The van der Waals surface area contributed by atoms with Gasteiger partial charge in [0.15, 0.2) is 0 Å². The summed E-state index contributed by atoms with van der Waals surface area (Å²) in [4.78, 5) is 0. The van der Waals surface area contributed by atoms with Crippen LogP contribution in [0.15, 0.2) is 46.9 Å². The van der Waals surface area contributed by atoms with Crippen molar-refractivity contribution in [3.63, 3.8) is 0 Å². The van der Waals surface area contributed by atoms with Gasteiger partial charge in [-0.25, -0.2) is 0 Å². The minimum atomic E-state index is 0.190. The molecule has 18 heavy (non-hydrogen) atoms. The molecule has 0 radical (unpaired) electrons. The molecule has 1 aliphatic rings. The van der Waals surface area contributed by atoms with E-state index in [1.807, 2.05) is 18.2 Å². The fraction of sp³-hybridized carbons (Fsp3) is 0.200. The average Bonchev–Trinajstić information content (AvgIpc) is 2.38. The Morgan fingerprint density at radius 2 is 2.06 bits per heavy atom. The molecule has 0 saturated heterocycles. The third-order valence-electron chi connectivity index (χ3n) is 3.15. The van der Waals surface area contributed by atoms with Gasteiger partial charge in [0.1, 0.15) is 12.4 Å². The molecule has 0 spiro atoms. The first-order valence-electron chi connectivity index (χ1n) is 5.98. The van der Waals surface area contributed by atoms with Crippen molar-refractivity contribution in [2.24, 2.45) is 0 Å². The molecule has 0 amide bonds. The maximum Gasteiger partial charge on any atom is 0.142 e. The average molecular weight is 304 g/mol. The standard InChI is InChI=1S/C15H14BrNO/c1-10-6-7-15-13(8-10)17-14(9-18-15)11-4-2-3-5-12(11)16/h2-8,14,17H,9H2,1H3. The molecule has 2 aromatic carbocycles. The maximum absolute atomic E-state index is 5.82. The van der Waals surface area contributed by atoms with Gasteiger partial charge in [0.25, 0.3) is 0 Å². The summed E-state index contributed by atoms with van der Waals surface area (Å²) in [6.45, 7) is 2.74. The van der Waals surface area contributed by atoms with Gasteiger partial charge < -0.3 is 10.1 Å². The van der Waals surface area contributed by atoms with E-state index in [1.165, 1.54) is 11.1 Å². The SMILES string of the molecule is Cc1ccc2c(c1)NC(c1ccccc1Br)CO2. The van der Waals surface area contributed by atoms with Crippen LogP contribution in [0.2, 0.25) is 0 Å². The van der Waals surface area contributed by atoms with Crippen molar-refractivity contribution in [2.75, 3.05) is 11.9 Å². The van der Waals surface area contributed by atoms with E-state index in [2.05, 4.69) is 52.4 Å². The van der Waals surface area contributed by atoms with E-state index >= 15 is 0 Å². The number of nitrogens with one attached hydrogen (secondary N) is 1. The van der Waals surface area contributed by atoms with Crippen LogP contribution in [0.5, 0.6) is 5.75 Å². The Morgan fingerprint density at radius 1 is 1.22 bits per heavy atom. The lowest BCUT2D eigenvalue weighted by Gasteiger charge is -2.28.